The third-order valence-electron chi connectivity index (χ3n) is 6.99. The number of furan rings is 1. The molecular weight excluding hydrogens is 562 g/mol. The molecule has 0 fully saturated rings. The highest BCUT2D eigenvalue weighted by molar-refractivity contribution is 5.97. The highest BCUT2D eigenvalue weighted by Crippen LogP contribution is 2.31. The molecule has 1 atom stereocenters. The Hall–Kier alpha value is -5.19. The SMILES string of the molecule is Cc1c(CN(C)C(=O)/C=C/c2cnc3c(c2)CC[C@H](NC(=O)OC(C)(C)C)C(=O)N3)oc2ccc(Oc3cccnc3)cc12. The first kappa shape index (κ1) is 30.3. The molecule has 11 nitrogen and oxygen atoms in total. The number of carbonyl (C=O) groups excluding carboxylic acids is 3. The van der Waals surface area contributed by atoms with Crippen LogP contribution in [0.4, 0.5) is 10.6 Å². The van der Waals surface area contributed by atoms with Gasteiger partial charge in [-0.15, -0.1) is 0 Å². The van der Waals surface area contributed by atoms with E-state index in [9.17, 15) is 14.4 Å². The van der Waals surface area contributed by atoms with Crippen molar-refractivity contribution in [2.24, 2.45) is 0 Å². The average Bonchev–Trinajstić information content (AvgIpc) is 3.18. The van der Waals surface area contributed by atoms with Gasteiger partial charge in [-0.05, 0) is 94.1 Å². The number of nitrogens with one attached hydrogen (secondary N) is 2. The van der Waals surface area contributed by atoms with E-state index in [4.69, 9.17) is 13.9 Å². The van der Waals surface area contributed by atoms with Gasteiger partial charge in [-0.25, -0.2) is 9.78 Å². The number of anilines is 1. The molecule has 11 heteroatoms. The van der Waals surface area contributed by atoms with Crippen LogP contribution in [0.2, 0.25) is 0 Å². The Morgan fingerprint density at radius 1 is 1.18 bits per heavy atom. The highest BCUT2D eigenvalue weighted by atomic mass is 16.6. The van der Waals surface area contributed by atoms with E-state index in [2.05, 4.69) is 20.6 Å². The van der Waals surface area contributed by atoms with Crippen LogP contribution in [0.5, 0.6) is 11.5 Å². The molecule has 0 spiro atoms. The van der Waals surface area contributed by atoms with Crippen LogP contribution in [0.3, 0.4) is 0 Å². The highest BCUT2D eigenvalue weighted by Gasteiger charge is 2.28. The zero-order chi connectivity index (χ0) is 31.4. The van der Waals surface area contributed by atoms with E-state index in [0.717, 1.165) is 16.5 Å². The first-order valence-electron chi connectivity index (χ1n) is 14.3. The number of amides is 3. The third-order valence-corrected chi connectivity index (χ3v) is 6.99. The molecule has 4 heterocycles. The number of hydrogen-bond acceptors (Lipinski definition) is 8. The van der Waals surface area contributed by atoms with Gasteiger partial charge in [0.1, 0.15) is 40.3 Å². The number of carbonyl (C=O) groups is 3. The fraction of sp³-hybridized carbons (Fsp3) is 0.303. The fourth-order valence-corrected chi connectivity index (χ4v) is 4.74. The van der Waals surface area contributed by atoms with Crippen molar-refractivity contribution in [3.05, 3.63) is 83.5 Å². The molecule has 4 aromatic rings. The molecule has 0 bridgehead atoms. The van der Waals surface area contributed by atoms with Gasteiger partial charge in [0, 0.05) is 36.5 Å². The number of aryl methyl sites for hydroxylation is 2. The maximum absolute atomic E-state index is 13.0. The summed E-state index contributed by atoms with van der Waals surface area (Å²) in [4.78, 5) is 47.9. The second-order valence-corrected chi connectivity index (χ2v) is 11.6. The van der Waals surface area contributed by atoms with Gasteiger partial charge in [0.15, 0.2) is 0 Å². The van der Waals surface area contributed by atoms with Crippen molar-refractivity contribution < 1.29 is 28.3 Å². The lowest BCUT2D eigenvalue weighted by molar-refractivity contribution is -0.125. The molecule has 0 saturated carbocycles. The second kappa shape index (κ2) is 12.6. The van der Waals surface area contributed by atoms with Crippen molar-refractivity contribution >= 4 is 40.8 Å². The predicted molar refractivity (Wildman–Crippen MR) is 165 cm³/mol. The lowest BCUT2D eigenvalue weighted by atomic mass is 10.1. The first-order chi connectivity index (χ1) is 20.9. The van der Waals surface area contributed by atoms with Crippen LogP contribution in [0.1, 0.15) is 49.6 Å². The van der Waals surface area contributed by atoms with Crippen LogP contribution in [-0.4, -0.2) is 51.5 Å². The quantitative estimate of drug-likeness (QED) is 0.256. The molecule has 228 valence electrons. The van der Waals surface area contributed by atoms with Crippen LogP contribution in [0, 0.1) is 6.92 Å². The second-order valence-electron chi connectivity index (χ2n) is 11.6. The maximum atomic E-state index is 13.0. The van der Waals surface area contributed by atoms with Gasteiger partial charge in [0.05, 0.1) is 12.7 Å². The topological polar surface area (TPSA) is 136 Å². The summed E-state index contributed by atoms with van der Waals surface area (Å²) in [6, 6.07) is 10.4. The van der Waals surface area contributed by atoms with Gasteiger partial charge < -0.3 is 29.4 Å². The molecule has 3 aromatic heterocycles. The lowest BCUT2D eigenvalue weighted by Crippen LogP contribution is -2.45. The number of likely N-dealkylation sites (N-methyl/N-ethyl adjacent to an activating group) is 1. The molecule has 2 N–H and O–H groups in total. The molecule has 3 amide bonds. The zero-order valence-corrected chi connectivity index (χ0v) is 25.3. The van der Waals surface area contributed by atoms with Crippen molar-refractivity contribution in [3.8, 4) is 11.5 Å². The largest absolute Gasteiger partial charge is 0.459 e. The van der Waals surface area contributed by atoms with E-state index in [1.807, 2.05) is 43.3 Å². The summed E-state index contributed by atoms with van der Waals surface area (Å²) in [6.45, 7) is 7.51. The number of pyridine rings is 2. The number of ether oxygens (including phenoxy) is 2. The van der Waals surface area contributed by atoms with Crippen LogP contribution in [0.15, 0.2) is 65.5 Å². The summed E-state index contributed by atoms with van der Waals surface area (Å²) in [6.07, 6.45) is 8.30. The summed E-state index contributed by atoms with van der Waals surface area (Å²) in [5.74, 6) is 1.84. The minimum absolute atomic E-state index is 0.213. The maximum Gasteiger partial charge on any atom is 0.408 e. The smallest absolute Gasteiger partial charge is 0.408 e. The molecular formula is C33H35N5O6. The summed E-state index contributed by atoms with van der Waals surface area (Å²) in [7, 11) is 1.71. The van der Waals surface area contributed by atoms with Gasteiger partial charge >= 0.3 is 6.09 Å². The fourth-order valence-electron chi connectivity index (χ4n) is 4.74. The molecule has 0 aliphatic carbocycles. The third kappa shape index (κ3) is 7.41. The minimum atomic E-state index is -0.754. The van der Waals surface area contributed by atoms with E-state index in [1.54, 1.807) is 57.4 Å². The van der Waals surface area contributed by atoms with Crippen molar-refractivity contribution in [2.75, 3.05) is 12.4 Å². The van der Waals surface area contributed by atoms with E-state index in [-0.39, 0.29) is 18.4 Å². The molecule has 1 aliphatic rings. The van der Waals surface area contributed by atoms with Gasteiger partial charge in [-0.2, -0.15) is 0 Å². The number of hydrogen-bond donors (Lipinski definition) is 2. The van der Waals surface area contributed by atoms with Gasteiger partial charge in [-0.1, -0.05) is 0 Å². The molecule has 44 heavy (non-hydrogen) atoms. The Morgan fingerprint density at radius 2 is 2.00 bits per heavy atom. The Labute approximate surface area is 255 Å². The van der Waals surface area contributed by atoms with E-state index >= 15 is 0 Å². The van der Waals surface area contributed by atoms with Crippen LogP contribution >= 0.6 is 0 Å². The molecule has 1 aromatic carbocycles. The van der Waals surface area contributed by atoms with E-state index in [0.29, 0.717) is 47.1 Å². The number of fused-ring (bicyclic) bond motifs is 2. The first-order valence-corrected chi connectivity index (χ1v) is 14.3. The Morgan fingerprint density at radius 3 is 2.75 bits per heavy atom. The van der Waals surface area contributed by atoms with Crippen LogP contribution in [0.25, 0.3) is 17.0 Å². The standard InChI is InChI=1S/C33H35N5O6/c1-20-25-16-23(42-24-7-6-14-34-18-24)10-12-27(25)43-28(20)19-38(5)29(39)13-8-21-15-22-9-11-26(31(40)37-30(22)35-17-21)36-32(41)44-33(2,3)4/h6-8,10,12-18,26H,9,11,19H2,1-5H3,(H,36,41)(H,35,37,40)/b13-8+/t26-/m0/s1. The van der Waals surface area contributed by atoms with Crippen molar-refractivity contribution in [2.45, 2.75) is 58.7 Å². The molecule has 0 radical (unpaired) electrons. The summed E-state index contributed by atoms with van der Waals surface area (Å²) in [5, 5.41) is 6.31. The molecule has 1 aliphatic heterocycles. The van der Waals surface area contributed by atoms with Crippen molar-refractivity contribution in [3.63, 3.8) is 0 Å². The monoisotopic (exact) mass is 597 g/mol. The summed E-state index contributed by atoms with van der Waals surface area (Å²) < 4.78 is 17.2. The van der Waals surface area contributed by atoms with E-state index in [1.165, 1.54) is 6.08 Å². The zero-order valence-electron chi connectivity index (χ0n) is 25.3. The number of rotatable bonds is 7. The molecule has 0 unspecified atom stereocenters. The number of nitrogens with zero attached hydrogens (tertiary/aromatic N) is 3. The van der Waals surface area contributed by atoms with E-state index < -0.39 is 17.7 Å². The average molecular weight is 598 g/mol. The Bertz CT molecular complexity index is 1720. The number of benzene rings is 1. The molecule has 5 rings (SSSR count). The minimum Gasteiger partial charge on any atom is -0.459 e. The summed E-state index contributed by atoms with van der Waals surface area (Å²) in [5.41, 5.74) is 2.48. The van der Waals surface area contributed by atoms with Gasteiger partial charge in [-0.3, -0.25) is 14.6 Å². The number of alkyl carbamates (subject to hydrolysis) is 1. The van der Waals surface area contributed by atoms with Crippen molar-refractivity contribution in [1.82, 2.24) is 20.2 Å². The predicted octanol–water partition coefficient (Wildman–Crippen LogP) is 5.77. The molecule has 0 saturated heterocycles. The summed E-state index contributed by atoms with van der Waals surface area (Å²) >= 11 is 0. The normalized spacial score (nSPS) is 14.9. The van der Waals surface area contributed by atoms with Gasteiger partial charge in [0.25, 0.3) is 0 Å². The van der Waals surface area contributed by atoms with Crippen LogP contribution in [-0.2, 0) is 27.3 Å². The number of aromatic nitrogens is 2. The lowest BCUT2D eigenvalue weighted by Gasteiger charge is -2.22. The van der Waals surface area contributed by atoms with Crippen LogP contribution < -0.4 is 15.4 Å². The van der Waals surface area contributed by atoms with Crippen molar-refractivity contribution in [1.29, 1.82) is 0 Å². The Balaban J connectivity index is 1.21. The van der Waals surface area contributed by atoms with Gasteiger partial charge in [0.2, 0.25) is 11.8 Å². The Kier molecular flexibility index (Phi) is 8.66.